The van der Waals surface area contributed by atoms with Crippen molar-refractivity contribution in [3.8, 4) is 0 Å². The van der Waals surface area contributed by atoms with Crippen molar-refractivity contribution >= 4 is 5.96 Å². The second kappa shape index (κ2) is 6.22. The number of guanidine groups is 1. The molecule has 0 aromatic heterocycles. The molecule has 0 amide bonds. The van der Waals surface area contributed by atoms with Crippen molar-refractivity contribution in [2.75, 3.05) is 6.54 Å². The highest BCUT2D eigenvalue weighted by Gasteiger charge is 1.98. The quantitative estimate of drug-likeness (QED) is 0.216. The molecule has 13 heavy (non-hydrogen) atoms. The zero-order valence-electron chi connectivity index (χ0n) is 7.99. The van der Waals surface area contributed by atoms with E-state index in [1.807, 2.05) is 0 Å². The number of nitrogens with one attached hydrogen (secondary N) is 1. The highest BCUT2D eigenvalue weighted by Crippen LogP contribution is 2.01. The lowest BCUT2D eigenvalue weighted by Gasteiger charge is -2.04. The fraction of sp³-hybridized carbons (Fsp3) is 0.857. The molecular formula is C7H16N4O2. The van der Waals surface area contributed by atoms with Crippen LogP contribution in [0.15, 0.2) is 5.10 Å². The van der Waals surface area contributed by atoms with Crippen molar-refractivity contribution in [1.29, 1.82) is 0 Å². The largest absolute Gasteiger partial charge is 0.365 e. The average Bonchev–Trinajstić information content (AvgIpc) is 1.96. The van der Waals surface area contributed by atoms with Crippen LogP contribution in [-0.2, 0) is 0 Å². The second-order valence-corrected chi connectivity index (χ2v) is 3.19. The van der Waals surface area contributed by atoms with E-state index in [9.17, 15) is 10.1 Å². The van der Waals surface area contributed by atoms with E-state index in [4.69, 9.17) is 5.73 Å². The Bertz CT molecular complexity index is 191. The van der Waals surface area contributed by atoms with Crippen LogP contribution >= 0.6 is 0 Å². The topological polar surface area (TPSA) is 93.5 Å². The van der Waals surface area contributed by atoms with Gasteiger partial charge in [0.25, 0.3) is 5.96 Å². The van der Waals surface area contributed by atoms with E-state index in [2.05, 4.69) is 24.3 Å². The molecule has 6 nitrogen and oxygen atoms in total. The van der Waals surface area contributed by atoms with Gasteiger partial charge >= 0.3 is 0 Å². The smallest absolute Gasteiger partial charge is 0.266 e. The number of hydrogen-bond donors (Lipinski definition) is 2. The maximum atomic E-state index is 9.85. The standard InChI is InChI=1S/C7H16N4O2/c1-6(2)4-3-5-9-7(8)10-11(12)13/h6H,3-5H2,1-2H3,(H3,8,9,10). The Kier molecular flexibility index (Phi) is 5.58. The Labute approximate surface area is 77.3 Å². The van der Waals surface area contributed by atoms with Crippen LogP contribution in [0, 0.1) is 16.0 Å². The maximum absolute atomic E-state index is 9.85. The van der Waals surface area contributed by atoms with E-state index in [1.165, 1.54) is 0 Å². The van der Waals surface area contributed by atoms with Crippen LogP contribution in [-0.4, -0.2) is 17.5 Å². The number of nitrogens with zero attached hydrogens (tertiary/aromatic N) is 2. The van der Waals surface area contributed by atoms with Crippen molar-refractivity contribution in [3.05, 3.63) is 10.1 Å². The summed E-state index contributed by atoms with van der Waals surface area (Å²) < 4.78 is 0. The van der Waals surface area contributed by atoms with Crippen LogP contribution in [0.5, 0.6) is 0 Å². The lowest BCUT2D eigenvalue weighted by molar-refractivity contribution is -0.485. The van der Waals surface area contributed by atoms with E-state index in [0.717, 1.165) is 12.8 Å². The van der Waals surface area contributed by atoms with Gasteiger partial charge in [-0.25, -0.2) is 10.1 Å². The van der Waals surface area contributed by atoms with Crippen molar-refractivity contribution in [2.24, 2.45) is 16.8 Å². The fourth-order valence-corrected chi connectivity index (χ4v) is 0.850. The molecule has 0 aliphatic rings. The summed E-state index contributed by atoms with van der Waals surface area (Å²) in [5, 5.41) is 14.6. The Morgan fingerprint density at radius 1 is 1.69 bits per heavy atom. The summed E-state index contributed by atoms with van der Waals surface area (Å²) in [6.07, 6.45) is 2.00. The first kappa shape index (κ1) is 11.7. The second-order valence-electron chi connectivity index (χ2n) is 3.19. The minimum atomic E-state index is -0.815. The van der Waals surface area contributed by atoms with Crippen LogP contribution in [0.3, 0.4) is 0 Å². The molecule has 0 saturated heterocycles. The molecule has 6 heteroatoms. The normalized spacial score (nSPS) is 11.8. The van der Waals surface area contributed by atoms with E-state index in [1.54, 1.807) is 0 Å². The molecule has 0 saturated carbocycles. The lowest BCUT2D eigenvalue weighted by Crippen LogP contribution is -2.33. The van der Waals surface area contributed by atoms with Gasteiger partial charge in [0.05, 0.1) is 0 Å². The zero-order valence-corrected chi connectivity index (χ0v) is 7.99. The summed E-state index contributed by atoms with van der Waals surface area (Å²) in [5.74, 6) is 0.504. The fourth-order valence-electron chi connectivity index (χ4n) is 0.850. The van der Waals surface area contributed by atoms with Gasteiger partial charge < -0.3 is 11.1 Å². The zero-order chi connectivity index (χ0) is 10.3. The van der Waals surface area contributed by atoms with E-state index in [0.29, 0.717) is 12.5 Å². The first-order valence-corrected chi connectivity index (χ1v) is 4.24. The van der Waals surface area contributed by atoms with E-state index in [-0.39, 0.29) is 5.96 Å². The third-order valence-corrected chi connectivity index (χ3v) is 1.45. The van der Waals surface area contributed by atoms with Crippen LogP contribution < -0.4 is 11.1 Å². The molecule has 0 fully saturated rings. The highest BCUT2D eigenvalue weighted by atomic mass is 16.7. The molecule has 0 radical (unpaired) electrons. The SMILES string of the molecule is CC(C)CCCN/C(N)=N/[N+](=O)[O-]. The first-order valence-electron chi connectivity index (χ1n) is 4.24. The monoisotopic (exact) mass is 188 g/mol. The molecule has 0 aromatic rings. The minimum absolute atomic E-state index is 0.131. The summed E-state index contributed by atoms with van der Waals surface area (Å²) in [5.41, 5.74) is 5.19. The first-order chi connectivity index (χ1) is 6.02. The van der Waals surface area contributed by atoms with Crippen molar-refractivity contribution in [2.45, 2.75) is 26.7 Å². The van der Waals surface area contributed by atoms with Crippen LogP contribution in [0.1, 0.15) is 26.7 Å². The van der Waals surface area contributed by atoms with Crippen molar-refractivity contribution in [3.63, 3.8) is 0 Å². The van der Waals surface area contributed by atoms with Crippen molar-refractivity contribution in [1.82, 2.24) is 5.32 Å². The number of rotatable bonds is 5. The van der Waals surface area contributed by atoms with Gasteiger partial charge in [0.1, 0.15) is 5.10 Å². The van der Waals surface area contributed by atoms with Crippen LogP contribution in [0.25, 0.3) is 0 Å². The molecule has 0 aliphatic heterocycles. The molecule has 0 spiro atoms. The van der Waals surface area contributed by atoms with Gasteiger partial charge in [-0.05, 0) is 18.8 Å². The summed E-state index contributed by atoms with van der Waals surface area (Å²) in [6.45, 7) is 4.87. The molecule has 0 unspecified atom stereocenters. The third kappa shape index (κ3) is 8.58. The van der Waals surface area contributed by atoms with Gasteiger partial charge in [-0.2, -0.15) is 0 Å². The lowest BCUT2D eigenvalue weighted by atomic mass is 10.1. The summed E-state index contributed by atoms with van der Waals surface area (Å²) in [7, 11) is 0. The minimum Gasteiger partial charge on any atom is -0.365 e. The molecule has 3 N–H and O–H groups in total. The predicted octanol–water partition coefficient (Wildman–Crippen LogP) is 0.519. The van der Waals surface area contributed by atoms with Gasteiger partial charge in [-0.15, -0.1) is 0 Å². The number of hydrazone groups is 1. The molecule has 0 heterocycles. The Balaban J connectivity index is 3.48. The number of hydrogen-bond acceptors (Lipinski definition) is 2. The Morgan fingerprint density at radius 2 is 2.31 bits per heavy atom. The maximum Gasteiger partial charge on any atom is 0.266 e. The van der Waals surface area contributed by atoms with E-state index < -0.39 is 5.03 Å². The van der Waals surface area contributed by atoms with Gasteiger partial charge in [0.2, 0.25) is 0 Å². The molecule has 0 aliphatic carbocycles. The van der Waals surface area contributed by atoms with Gasteiger partial charge in [-0.3, -0.25) is 0 Å². The summed E-state index contributed by atoms with van der Waals surface area (Å²) >= 11 is 0. The number of nitro groups is 1. The molecule has 0 bridgehead atoms. The molecule has 76 valence electrons. The van der Waals surface area contributed by atoms with Crippen molar-refractivity contribution < 1.29 is 5.03 Å². The number of nitrogens with two attached hydrogens (primary N) is 1. The predicted molar refractivity (Wildman–Crippen MR) is 50.7 cm³/mol. The van der Waals surface area contributed by atoms with Gasteiger partial charge in [0, 0.05) is 6.54 Å². The van der Waals surface area contributed by atoms with Gasteiger partial charge in [0.15, 0.2) is 5.03 Å². The Hall–Kier alpha value is -1.33. The summed E-state index contributed by atoms with van der Waals surface area (Å²) in [4.78, 5) is 9.85. The van der Waals surface area contributed by atoms with Gasteiger partial charge in [-0.1, -0.05) is 13.8 Å². The summed E-state index contributed by atoms with van der Waals surface area (Å²) in [6, 6.07) is 0. The van der Waals surface area contributed by atoms with Crippen LogP contribution in [0.4, 0.5) is 0 Å². The van der Waals surface area contributed by atoms with Crippen LogP contribution in [0.2, 0.25) is 0 Å². The van der Waals surface area contributed by atoms with E-state index >= 15 is 0 Å². The Morgan fingerprint density at radius 3 is 2.77 bits per heavy atom. The molecule has 0 aromatic carbocycles. The molecular weight excluding hydrogens is 172 g/mol. The molecule has 0 rings (SSSR count). The highest BCUT2D eigenvalue weighted by molar-refractivity contribution is 5.76. The average molecular weight is 188 g/mol. The third-order valence-electron chi connectivity index (χ3n) is 1.45. The molecule has 0 atom stereocenters.